The quantitative estimate of drug-likeness (QED) is 0.579. The maximum absolute atomic E-state index is 12.9. The van der Waals surface area contributed by atoms with E-state index in [0.717, 1.165) is 28.6 Å². The van der Waals surface area contributed by atoms with E-state index in [-0.39, 0.29) is 11.3 Å². The van der Waals surface area contributed by atoms with Crippen LogP contribution in [0.1, 0.15) is 31.1 Å². The van der Waals surface area contributed by atoms with E-state index in [0.29, 0.717) is 0 Å². The zero-order chi connectivity index (χ0) is 17.6. The minimum atomic E-state index is 0.0570. The number of carbonyl (C=O) groups excluding carboxylic acids is 1. The molecule has 25 heavy (non-hydrogen) atoms. The van der Waals surface area contributed by atoms with Crippen LogP contribution in [0.5, 0.6) is 0 Å². The predicted molar refractivity (Wildman–Crippen MR) is 106 cm³/mol. The Morgan fingerprint density at radius 3 is 2.40 bits per heavy atom. The van der Waals surface area contributed by atoms with Crippen molar-refractivity contribution in [3.05, 3.63) is 66.2 Å². The maximum Gasteiger partial charge on any atom is 0.259 e. The molecule has 0 bridgehead atoms. The third kappa shape index (κ3) is 2.93. The number of benzene rings is 3. The number of nitrogens with zero attached hydrogens (tertiary/aromatic N) is 1. The average molecular weight is 347 g/mol. The van der Waals surface area contributed by atoms with E-state index >= 15 is 0 Å². The van der Waals surface area contributed by atoms with Gasteiger partial charge in [0.25, 0.3) is 5.91 Å². The Labute approximate surface area is 152 Å². The molecule has 126 valence electrons. The summed E-state index contributed by atoms with van der Waals surface area (Å²) in [5.74, 6) is 0.123. The van der Waals surface area contributed by atoms with Crippen molar-refractivity contribution < 1.29 is 4.79 Å². The van der Waals surface area contributed by atoms with Crippen molar-refractivity contribution in [3.63, 3.8) is 0 Å². The molecule has 2 nitrogen and oxygen atoms in total. The van der Waals surface area contributed by atoms with Gasteiger partial charge in [-0.3, -0.25) is 4.79 Å². The molecular weight excluding hydrogens is 326 g/mol. The van der Waals surface area contributed by atoms with Crippen molar-refractivity contribution in [3.8, 4) is 0 Å². The summed E-state index contributed by atoms with van der Waals surface area (Å²) < 4.78 is 0. The molecule has 0 spiro atoms. The van der Waals surface area contributed by atoms with Gasteiger partial charge in [-0.1, -0.05) is 62.9 Å². The average Bonchev–Trinajstić information content (AvgIpc) is 2.84. The standard InChI is InChI=1S/C22H21NOS/c1-22(2,3)14-23-18-12-13-19(25-15-8-5-4-6-9-15)16-10-7-11-17(20(16)18)21(23)24/h4-13H,14H2,1-3H3. The summed E-state index contributed by atoms with van der Waals surface area (Å²) in [6.45, 7) is 7.22. The zero-order valence-electron chi connectivity index (χ0n) is 14.7. The van der Waals surface area contributed by atoms with E-state index in [1.807, 2.05) is 23.1 Å². The second kappa shape index (κ2) is 5.92. The van der Waals surface area contributed by atoms with Crippen LogP contribution in [0.4, 0.5) is 5.69 Å². The summed E-state index contributed by atoms with van der Waals surface area (Å²) in [5.41, 5.74) is 1.93. The summed E-state index contributed by atoms with van der Waals surface area (Å²) in [5, 5.41) is 2.26. The van der Waals surface area contributed by atoms with Crippen LogP contribution in [0, 0.1) is 5.41 Å². The highest BCUT2D eigenvalue weighted by Gasteiger charge is 2.32. The summed E-state index contributed by atoms with van der Waals surface area (Å²) in [6.07, 6.45) is 0. The number of hydrogen-bond acceptors (Lipinski definition) is 2. The highest BCUT2D eigenvalue weighted by Crippen LogP contribution is 2.43. The summed E-state index contributed by atoms with van der Waals surface area (Å²) in [6, 6.07) is 20.7. The number of anilines is 1. The van der Waals surface area contributed by atoms with Crippen molar-refractivity contribution >= 4 is 34.1 Å². The summed E-state index contributed by atoms with van der Waals surface area (Å²) in [7, 11) is 0. The number of rotatable bonds is 3. The second-order valence-electron chi connectivity index (χ2n) is 7.68. The Kier molecular flexibility index (Phi) is 3.84. The van der Waals surface area contributed by atoms with Gasteiger partial charge in [0, 0.05) is 27.3 Å². The number of hydrogen-bond donors (Lipinski definition) is 0. The van der Waals surface area contributed by atoms with Gasteiger partial charge in [-0.05, 0) is 41.1 Å². The Balaban J connectivity index is 1.83. The van der Waals surface area contributed by atoms with Crippen LogP contribution in [0.2, 0.25) is 0 Å². The molecule has 0 saturated carbocycles. The lowest BCUT2D eigenvalue weighted by atomic mass is 9.96. The van der Waals surface area contributed by atoms with E-state index in [2.05, 4.69) is 63.2 Å². The van der Waals surface area contributed by atoms with Gasteiger partial charge in [-0.25, -0.2) is 0 Å². The van der Waals surface area contributed by atoms with E-state index in [4.69, 9.17) is 0 Å². The fourth-order valence-corrected chi connectivity index (χ4v) is 4.32. The molecule has 1 amide bonds. The lowest BCUT2D eigenvalue weighted by Gasteiger charge is -2.27. The molecule has 3 aromatic carbocycles. The van der Waals surface area contributed by atoms with Crippen LogP contribution in [-0.2, 0) is 0 Å². The van der Waals surface area contributed by atoms with Crippen LogP contribution >= 0.6 is 11.8 Å². The molecule has 0 aromatic heterocycles. The molecule has 0 saturated heterocycles. The van der Waals surface area contributed by atoms with Gasteiger partial charge in [-0.2, -0.15) is 0 Å². The number of amides is 1. The monoisotopic (exact) mass is 347 g/mol. The molecule has 0 N–H and O–H groups in total. The fourth-order valence-electron chi connectivity index (χ4n) is 3.36. The van der Waals surface area contributed by atoms with E-state index in [9.17, 15) is 4.79 Å². The molecule has 3 aromatic rings. The van der Waals surface area contributed by atoms with Crippen LogP contribution < -0.4 is 4.90 Å². The smallest absolute Gasteiger partial charge is 0.259 e. The molecular formula is C22H21NOS. The zero-order valence-corrected chi connectivity index (χ0v) is 15.6. The van der Waals surface area contributed by atoms with Gasteiger partial charge in [0.2, 0.25) is 0 Å². The second-order valence-corrected chi connectivity index (χ2v) is 8.79. The molecule has 0 atom stereocenters. The first kappa shape index (κ1) is 16.2. The van der Waals surface area contributed by atoms with E-state index in [1.165, 1.54) is 9.79 Å². The molecule has 0 radical (unpaired) electrons. The Morgan fingerprint density at radius 1 is 0.920 bits per heavy atom. The number of carbonyl (C=O) groups is 1. The third-order valence-corrected chi connectivity index (χ3v) is 5.43. The van der Waals surface area contributed by atoms with Crippen LogP contribution in [0.25, 0.3) is 10.8 Å². The summed E-state index contributed by atoms with van der Waals surface area (Å²) in [4.78, 5) is 17.3. The normalized spacial score (nSPS) is 13.7. The van der Waals surface area contributed by atoms with Gasteiger partial charge >= 0.3 is 0 Å². The largest absolute Gasteiger partial charge is 0.307 e. The minimum absolute atomic E-state index is 0.0570. The Hall–Kier alpha value is -2.26. The van der Waals surface area contributed by atoms with Crippen molar-refractivity contribution in [1.29, 1.82) is 0 Å². The van der Waals surface area contributed by atoms with Crippen molar-refractivity contribution in [2.75, 3.05) is 11.4 Å². The van der Waals surface area contributed by atoms with Gasteiger partial charge in [0.1, 0.15) is 0 Å². The third-order valence-electron chi connectivity index (χ3n) is 4.35. The van der Waals surface area contributed by atoms with Crippen LogP contribution in [-0.4, -0.2) is 12.5 Å². The fraction of sp³-hybridized carbons (Fsp3) is 0.227. The lowest BCUT2D eigenvalue weighted by molar-refractivity contribution is 0.0984. The van der Waals surface area contributed by atoms with Crippen molar-refractivity contribution in [2.45, 2.75) is 30.6 Å². The van der Waals surface area contributed by atoms with Gasteiger partial charge in [-0.15, -0.1) is 0 Å². The topological polar surface area (TPSA) is 20.3 Å². The molecule has 1 aliphatic heterocycles. The molecule has 3 heteroatoms. The minimum Gasteiger partial charge on any atom is -0.307 e. The predicted octanol–water partition coefficient (Wildman–Crippen LogP) is 6.00. The van der Waals surface area contributed by atoms with Crippen molar-refractivity contribution in [1.82, 2.24) is 0 Å². The van der Waals surface area contributed by atoms with Crippen molar-refractivity contribution in [2.24, 2.45) is 5.41 Å². The van der Waals surface area contributed by atoms with Gasteiger partial charge < -0.3 is 4.90 Å². The molecule has 0 aliphatic carbocycles. The van der Waals surface area contributed by atoms with Crippen LogP contribution in [0.3, 0.4) is 0 Å². The summed E-state index contributed by atoms with van der Waals surface area (Å²) >= 11 is 1.75. The van der Waals surface area contributed by atoms with Crippen LogP contribution in [0.15, 0.2) is 70.5 Å². The SMILES string of the molecule is CC(C)(C)CN1C(=O)c2cccc3c(Sc4ccccc4)ccc1c23. The first-order chi connectivity index (χ1) is 11.9. The molecule has 0 unspecified atom stereocenters. The van der Waals surface area contributed by atoms with Gasteiger partial charge in [0.15, 0.2) is 0 Å². The first-order valence-corrected chi connectivity index (χ1v) is 9.36. The van der Waals surface area contributed by atoms with Gasteiger partial charge in [0.05, 0.1) is 5.69 Å². The van der Waals surface area contributed by atoms with E-state index in [1.54, 1.807) is 11.8 Å². The maximum atomic E-state index is 12.9. The lowest BCUT2D eigenvalue weighted by Crippen LogP contribution is -2.35. The highest BCUT2D eigenvalue weighted by atomic mass is 32.2. The first-order valence-electron chi connectivity index (χ1n) is 8.54. The Bertz CT molecular complexity index is 957. The molecule has 4 rings (SSSR count). The molecule has 0 fully saturated rings. The van der Waals surface area contributed by atoms with E-state index < -0.39 is 0 Å². The molecule has 1 aliphatic rings. The molecule has 1 heterocycles. The highest BCUT2D eigenvalue weighted by molar-refractivity contribution is 7.99. The Morgan fingerprint density at radius 2 is 1.68 bits per heavy atom.